The van der Waals surface area contributed by atoms with Gasteiger partial charge in [-0.2, -0.15) is 0 Å². The SMILES string of the molecule is F[B-](F)(F)CCCCCn1cc(-c2ccccc2)nn1.[K+]. The van der Waals surface area contributed by atoms with Crippen LogP contribution in [0.3, 0.4) is 0 Å². The fraction of sp³-hybridized carbons (Fsp3) is 0.385. The van der Waals surface area contributed by atoms with Gasteiger partial charge in [-0.05, 0) is 6.42 Å². The van der Waals surface area contributed by atoms with E-state index < -0.39 is 13.3 Å². The second-order valence-electron chi connectivity index (χ2n) is 4.79. The van der Waals surface area contributed by atoms with E-state index in [1.54, 1.807) is 4.68 Å². The molecule has 3 nitrogen and oxygen atoms in total. The third kappa shape index (κ3) is 7.10. The van der Waals surface area contributed by atoms with Crippen LogP contribution in [-0.2, 0) is 6.54 Å². The maximum atomic E-state index is 12.0. The van der Waals surface area contributed by atoms with Gasteiger partial charge in [-0.3, -0.25) is 4.68 Å². The van der Waals surface area contributed by atoms with Crippen molar-refractivity contribution in [1.82, 2.24) is 15.0 Å². The Bertz CT molecular complexity index is 531. The minimum Gasteiger partial charge on any atom is -0.449 e. The zero-order valence-electron chi connectivity index (χ0n) is 12.1. The Morgan fingerprint density at radius 1 is 1.00 bits per heavy atom. The van der Waals surface area contributed by atoms with Gasteiger partial charge in [-0.1, -0.05) is 54.7 Å². The fourth-order valence-corrected chi connectivity index (χ4v) is 1.98. The van der Waals surface area contributed by atoms with Crippen LogP contribution in [0, 0.1) is 0 Å². The summed E-state index contributed by atoms with van der Waals surface area (Å²) in [5.74, 6) is 0. The van der Waals surface area contributed by atoms with Crippen LogP contribution >= 0.6 is 0 Å². The van der Waals surface area contributed by atoms with Crippen LogP contribution in [0.15, 0.2) is 36.5 Å². The second-order valence-corrected chi connectivity index (χ2v) is 4.79. The van der Waals surface area contributed by atoms with E-state index in [0.717, 1.165) is 11.3 Å². The van der Waals surface area contributed by atoms with Crippen molar-refractivity contribution in [1.29, 1.82) is 0 Å². The molecule has 0 radical (unpaired) electrons. The summed E-state index contributed by atoms with van der Waals surface area (Å²) >= 11 is 0. The molecule has 1 aromatic heterocycles. The van der Waals surface area contributed by atoms with Crippen LogP contribution in [0.4, 0.5) is 12.9 Å². The number of aryl methyl sites for hydroxylation is 1. The normalized spacial score (nSPS) is 11.2. The summed E-state index contributed by atoms with van der Waals surface area (Å²) in [6.45, 7) is -4.04. The molecule has 1 aromatic carbocycles. The summed E-state index contributed by atoms with van der Waals surface area (Å²) in [5, 5.41) is 8.05. The average molecular weight is 321 g/mol. The maximum absolute atomic E-state index is 12.0. The van der Waals surface area contributed by atoms with Crippen molar-refractivity contribution in [3.63, 3.8) is 0 Å². The molecule has 2 aromatic rings. The van der Waals surface area contributed by atoms with Gasteiger partial charge in [-0.25, -0.2) is 0 Å². The van der Waals surface area contributed by atoms with Gasteiger partial charge >= 0.3 is 58.4 Å². The van der Waals surface area contributed by atoms with Gasteiger partial charge in [0.25, 0.3) is 0 Å². The van der Waals surface area contributed by atoms with E-state index >= 15 is 0 Å². The van der Waals surface area contributed by atoms with Gasteiger partial charge < -0.3 is 12.9 Å². The molecule has 108 valence electrons. The first-order valence-corrected chi connectivity index (χ1v) is 6.71. The van der Waals surface area contributed by atoms with Crippen LogP contribution in [0.1, 0.15) is 19.3 Å². The molecule has 0 aliphatic heterocycles. The zero-order valence-corrected chi connectivity index (χ0v) is 15.2. The number of halogens is 3. The first-order valence-electron chi connectivity index (χ1n) is 6.71. The summed E-state index contributed by atoms with van der Waals surface area (Å²) in [4.78, 5) is 0. The molecule has 0 aliphatic carbocycles. The van der Waals surface area contributed by atoms with Gasteiger partial charge in [0.15, 0.2) is 0 Å². The molecular formula is C13H16BF3KN3. The Labute approximate surface area is 164 Å². The maximum Gasteiger partial charge on any atom is 1.00 e. The van der Waals surface area contributed by atoms with Crippen LogP contribution in [-0.4, -0.2) is 22.0 Å². The first kappa shape index (κ1) is 18.9. The molecule has 0 spiro atoms. The molecule has 0 unspecified atom stereocenters. The van der Waals surface area contributed by atoms with Gasteiger partial charge in [0, 0.05) is 12.1 Å². The molecule has 2 rings (SSSR count). The Morgan fingerprint density at radius 3 is 2.38 bits per heavy atom. The van der Waals surface area contributed by atoms with Crippen molar-refractivity contribution in [3.8, 4) is 11.3 Å². The molecule has 0 aliphatic rings. The van der Waals surface area contributed by atoms with Crippen molar-refractivity contribution in [2.24, 2.45) is 0 Å². The molecule has 0 bridgehead atoms. The predicted octanol–water partition coefficient (Wildman–Crippen LogP) is 0.967. The molecule has 0 saturated heterocycles. The van der Waals surface area contributed by atoms with Crippen molar-refractivity contribution in [2.75, 3.05) is 0 Å². The number of aromatic nitrogens is 3. The van der Waals surface area contributed by atoms with E-state index in [-0.39, 0.29) is 57.8 Å². The van der Waals surface area contributed by atoms with E-state index in [0.29, 0.717) is 19.4 Å². The minimum atomic E-state index is -4.64. The van der Waals surface area contributed by atoms with Crippen LogP contribution in [0.5, 0.6) is 0 Å². The Hall–Kier alpha value is -0.149. The molecule has 8 heteroatoms. The molecule has 0 amide bonds. The largest absolute Gasteiger partial charge is 1.00 e. The monoisotopic (exact) mass is 321 g/mol. The van der Waals surface area contributed by atoms with Gasteiger partial charge in [-0.15, -0.1) is 5.10 Å². The third-order valence-electron chi connectivity index (χ3n) is 3.03. The van der Waals surface area contributed by atoms with E-state index in [1.807, 2.05) is 36.5 Å². The topological polar surface area (TPSA) is 30.7 Å². The van der Waals surface area contributed by atoms with E-state index in [9.17, 15) is 12.9 Å². The molecule has 0 fully saturated rings. The number of nitrogens with zero attached hydrogens (tertiary/aromatic N) is 3. The molecular weight excluding hydrogens is 305 g/mol. The number of hydrogen-bond donors (Lipinski definition) is 0. The predicted molar refractivity (Wildman–Crippen MR) is 73.2 cm³/mol. The summed E-state index contributed by atoms with van der Waals surface area (Å²) < 4.78 is 37.8. The zero-order chi connectivity index (χ0) is 14.4. The van der Waals surface area contributed by atoms with Crippen LogP contribution < -0.4 is 51.4 Å². The van der Waals surface area contributed by atoms with Crippen molar-refractivity contribution in [2.45, 2.75) is 32.1 Å². The Balaban J connectivity index is 0.00000220. The molecule has 1 heterocycles. The number of unbranched alkanes of at least 4 members (excludes halogenated alkanes) is 2. The fourth-order valence-electron chi connectivity index (χ4n) is 1.98. The van der Waals surface area contributed by atoms with Gasteiger partial charge in [0.05, 0.1) is 6.20 Å². The first-order chi connectivity index (χ1) is 9.54. The molecule has 0 saturated carbocycles. The molecule has 0 atom stereocenters. The number of rotatable bonds is 7. The second kappa shape index (κ2) is 9.09. The quantitative estimate of drug-likeness (QED) is 0.562. The third-order valence-corrected chi connectivity index (χ3v) is 3.03. The summed E-state index contributed by atoms with van der Waals surface area (Å²) in [5.41, 5.74) is 1.77. The standard InChI is InChI=1S/C13H16BF3N3.K/c15-14(16,17)9-5-2-6-10-20-11-13(18-19-20)12-7-3-1-4-8-12;/h1,3-4,7-8,11H,2,5-6,9-10H2;/q-1;+1. The summed E-state index contributed by atoms with van der Waals surface area (Å²) in [6.07, 6.45) is 2.62. The number of benzene rings is 1. The van der Waals surface area contributed by atoms with Crippen LogP contribution in [0.2, 0.25) is 6.32 Å². The molecule has 21 heavy (non-hydrogen) atoms. The average Bonchev–Trinajstić information content (AvgIpc) is 2.87. The summed E-state index contributed by atoms with van der Waals surface area (Å²) in [7, 11) is 0. The van der Waals surface area contributed by atoms with E-state index in [1.165, 1.54) is 0 Å². The van der Waals surface area contributed by atoms with E-state index in [2.05, 4.69) is 10.3 Å². The Kier molecular flexibility index (Phi) is 8.18. The van der Waals surface area contributed by atoms with Crippen LogP contribution in [0.25, 0.3) is 11.3 Å². The minimum absolute atomic E-state index is 0. The van der Waals surface area contributed by atoms with Crippen molar-refractivity contribution in [3.05, 3.63) is 36.5 Å². The van der Waals surface area contributed by atoms with Gasteiger partial charge in [0.1, 0.15) is 5.69 Å². The Morgan fingerprint density at radius 2 is 1.71 bits per heavy atom. The van der Waals surface area contributed by atoms with Crippen molar-refractivity contribution < 1.29 is 64.3 Å². The van der Waals surface area contributed by atoms with E-state index in [4.69, 9.17) is 0 Å². The summed E-state index contributed by atoms with van der Waals surface area (Å²) in [6, 6.07) is 9.66. The molecule has 0 N–H and O–H groups in total. The van der Waals surface area contributed by atoms with Gasteiger partial charge in [0.2, 0.25) is 0 Å². The smallest absolute Gasteiger partial charge is 0.449 e. The van der Waals surface area contributed by atoms with Crippen molar-refractivity contribution >= 4 is 6.98 Å². The number of hydrogen-bond acceptors (Lipinski definition) is 2.